The molecule has 162 valence electrons. The average molecular weight is 417 g/mol. The third-order valence-corrected chi connectivity index (χ3v) is 5.47. The summed E-state index contributed by atoms with van der Waals surface area (Å²) >= 11 is 0. The van der Waals surface area contributed by atoms with Crippen LogP contribution in [0.5, 0.6) is 0 Å². The SMILES string of the molecule is CC(C)NCC(C)(C)Nc1nccc(N2CCCc3cnc(-c4ccccc4)cc32)n1. The molecule has 0 bridgehead atoms. The van der Waals surface area contributed by atoms with Gasteiger partial charge in [0.1, 0.15) is 5.82 Å². The molecular weight excluding hydrogens is 384 g/mol. The van der Waals surface area contributed by atoms with E-state index in [1.807, 2.05) is 36.7 Å². The number of nitrogens with one attached hydrogen (secondary N) is 2. The normalized spacial score (nSPS) is 13.9. The summed E-state index contributed by atoms with van der Waals surface area (Å²) in [6.45, 7) is 10.4. The number of hydrogen-bond acceptors (Lipinski definition) is 6. The summed E-state index contributed by atoms with van der Waals surface area (Å²) in [5, 5.41) is 6.97. The zero-order chi connectivity index (χ0) is 21.8. The Morgan fingerprint density at radius 3 is 2.68 bits per heavy atom. The first-order valence-electron chi connectivity index (χ1n) is 11.1. The highest BCUT2D eigenvalue weighted by Gasteiger charge is 2.23. The van der Waals surface area contributed by atoms with Gasteiger partial charge in [0.2, 0.25) is 5.95 Å². The monoisotopic (exact) mass is 416 g/mol. The maximum Gasteiger partial charge on any atom is 0.225 e. The second-order valence-electron chi connectivity index (χ2n) is 9.10. The Balaban J connectivity index is 1.61. The first kappa shape index (κ1) is 21.2. The van der Waals surface area contributed by atoms with Crippen LogP contribution in [0.1, 0.15) is 39.7 Å². The number of benzene rings is 1. The molecule has 0 amide bonds. The van der Waals surface area contributed by atoms with Crippen LogP contribution in [-0.4, -0.2) is 39.6 Å². The van der Waals surface area contributed by atoms with Crippen molar-refractivity contribution in [2.45, 2.75) is 52.1 Å². The molecule has 0 radical (unpaired) electrons. The lowest BCUT2D eigenvalue weighted by molar-refractivity contribution is 0.466. The van der Waals surface area contributed by atoms with Crippen LogP contribution in [0.3, 0.4) is 0 Å². The Morgan fingerprint density at radius 1 is 1.10 bits per heavy atom. The molecule has 0 aliphatic carbocycles. The molecular formula is C25H32N6. The molecule has 0 spiro atoms. The minimum atomic E-state index is -0.160. The molecule has 6 heteroatoms. The van der Waals surface area contributed by atoms with Crippen LogP contribution in [0.25, 0.3) is 11.3 Å². The van der Waals surface area contributed by atoms with Crippen LogP contribution in [-0.2, 0) is 6.42 Å². The lowest BCUT2D eigenvalue weighted by Gasteiger charge is -2.31. The van der Waals surface area contributed by atoms with Gasteiger partial charge >= 0.3 is 0 Å². The van der Waals surface area contributed by atoms with Gasteiger partial charge in [-0.3, -0.25) is 4.98 Å². The second-order valence-corrected chi connectivity index (χ2v) is 9.10. The second kappa shape index (κ2) is 9.02. The van der Waals surface area contributed by atoms with Crippen molar-refractivity contribution in [1.29, 1.82) is 0 Å². The largest absolute Gasteiger partial charge is 0.348 e. The van der Waals surface area contributed by atoms with Gasteiger partial charge in [-0.05, 0) is 44.4 Å². The molecule has 0 fully saturated rings. The maximum atomic E-state index is 4.87. The highest BCUT2D eigenvalue weighted by molar-refractivity contribution is 5.72. The third kappa shape index (κ3) is 5.20. The van der Waals surface area contributed by atoms with Gasteiger partial charge < -0.3 is 15.5 Å². The predicted octanol–water partition coefficient (Wildman–Crippen LogP) is 4.81. The zero-order valence-corrected chi connectivity index (χ0v) is 18.9. The van der Waals surface area contributed by atoms with Crippen molar-refractivity contribution in [3.8, 4) is 11.3 Å². The van der Waals surface area contributed by atoms with Gasteiger partial charge in [-0.1, -0.05) is 44.2 Å². The number of hydrogen-bond donors (Lipinski definition) is 2. The molecule has 0 saturated heterocycles. The molecule has 2 N–H and O–H groups in total. The highest BCUT2D eigenvalue weighted by Crippen LogP contribution is 2.35. The summed E-state index contributed by atoms with van der Waals surface area (Å²) in [6.07, 6.45) is 5.98. The molecule has 3 heterocycles. The molecule has 2 aromatic heterocycles. The van der Waals surface area contributed by atoms with Crippen LogP contribution in [0.4, 0.5) is 17.5 Å². The van der Waals surface area contributed by atoms with E-state index in [2.05, 4.69) is 66.4 Å². The van der Waals surface area contributed by atoms with Gasteiger partial charge in [0.05, 0.1) is 5.69 Å². The van der Waals surface area contributed by atoms with E-state index in [-0.39, 0.29) is 5.54 Å². The predicted molar refractivity (Wildman–Crippen MR) is 128 cm³/mol. The van der Waals surface area contributed by atoms with Crippen LogP contribution in [0.15, 0.2) is 54.9 Å². The minimum Gasteiger partial charge on any atom is -0.348 e. The van der Waals surface area contributed by atoms with Crippen LogP contribution in [0.2, 0.25) is 0 Å². The molecule has 4 rings (SSSR count). The number of nitrogens with zero attached hydrogens (tertiary/aromatic N) is 4. The highest BCUT2D eigenvalue weighted by atomic mass is 15.2. The average Bonchev–Trinajstić information content (AvgIpc) is 2.77. The Labute approximate surface area is 185 Å². The summed E-state index contributed by atoms with van der Waals surface area (Å²) in [5.74, 6) is 1.56. The van der Waals surface area contributed by atoms with Crippen molar-refractivity contribution in [2.75, 3.05) is 23.3 Å². The van der Waals surface area contributed by atoms with Gasteiger partial charge in [-0.2, -0.15) is 4.98 Å². The fourth-order valence-electron chi connectivity index (χ4n) is 3.84. The summed E-state index contributed by atoms with van der Waals surface area (Å²) in [4.78, 5) is 16.3. The molecule has 1 aliphatic heterocycles. The lowest BCUT2D eigenvalue weighted by atomic mass is 10.0. The molecule has 0 saturated carbocycles. The first-order chi connectivity index (χ1) is 14.9. The first-order valence-corrected chi connectivity index (χ1v) is 11.1. The van der Waals surface area contributed by atoms with Crippen LogP contribution in [0, 0.1) is 0 Å². The van der Waals surface area contributed by atoms with E-state index in [0.717, 1.165) is 43.0 Å². The van der Waals surface area contributed by atoms with E-state index in [9.17, 15) is 0 Å². The van der Waals surface area contributed by atoms with E-state index >= 15 is 0 Å². The van der Waals surface area contributed by atoms with Crippen LogP contribution < -0.4 is 15.5 Å². The lowest BCUT2D eigenvalue weighted by Crippen LogP contribution is -2.44. The molecule has 6 nitrogen and oxygen atoms in total. The Bertz CT molecular complexity index is 1020. The van der Waals surface area contributed by atoms with Gasteiger partial charge in [0.15, 0.2) is 0 Å². The Morgan fingerprint density at radius 2 is 1.90 bits per heavy atom. The van der Waals surface area contributed by atoms with Crippen molar-refractivity contribution in [3.05, 3.63) is 60.4 Å². The topological polar surface area (TPSA) is 66.0 Å². The number of pyridine rings is 1. The van der Waals surface area contributed by atoms with Crippen molar-refractivity contribution in [1.82, 2.24) is 20.3 Å². The molecule has 1 aliphatic rings. The van der Waals surface area contributed by atoms with Crippen molar-refractivity contribution < 1.29 is 0 Å². The van der Waals surface area contributed by atoms with E-state index in [1.165, 1.54) is 11.3 Å². The van der Waals surface area contributed by atoms with Crippen molar-refractivity contribution >= 4 is 17.5 Å². The summed E-state index contributed by atoms with van der Waals surface area (Å²) in [5.41, 5.74) is 4.40. The molecule has 0 atom stereocenters. The van der Waals surface area contributed by atoms with Gasteiger partial charge in [-0.15, -0.1) is 0 Å². The number of aryl methyl sites for hydroxylation is 1. The standard InChI is InChI=1S/C25H32N6/c1-18(2)28-17-25(3,4)30-24-26-13-12-23(29-24)31-14-8-11-20-16-27-21(15-22(20)31)19-9-6-5-7-10-19/h5-7,9-10,12-13,15-16,18,28H,8,11,14,17H2,1-4H3,(H,26,29,30). The van der Waals surface area contributed by atoms with Gasteiger partial charge in [-0.25, -0.2) is 4.98 Å². The van der Waals surface area contributed by atoms with E-state index in [1.54, 1.807) is 0 Å². The number of aromatic nitrogens is 3. The van der Waals surface area contributed by atoms with Crippen LogP contribution >= 0.6 is 0 Å². The molecule has 1 aromatic carbocycles. The number of rotatable bonds is 7. The summed E-state index contributed by atoms with van der Waals surface area (Å²) in [6, 6.07) is 14.9. The van der Waals surface area contributed by atoms with E-state index in [0.29, 0.717) is 12.0 Å². The molecule has 31 heavy (non-hydrogen) atoms. The zero-order valence-electron chi connectivity index (χ0n) is 18.9. The quantitative estimate of drug-likeness (QED) is 0.576. The van der Waals surface area contributed by atoms with Gasteiger partial charge in [0.25, 0.3) is 0 Å². The summed E-state index contributed by atoms with van der Waals surface area (Å²) in [7, 11) is 0. The fourth-order valence-corrected chi connectivity index (χ4v) is 3.84. The third-order valence-electron chi connectivity index (χ3n) is 5.47. The Kier molecular flexibility index (Phi) is 6.18. The van der Waals surface area contributed by atoms with E-state index in [4.69, 9.17) is 9.97 Å². The molecule has 3 aromatic rings. The van der Waals surface area contributed by atoms with E-state index < -0.39 is 0 Å². The number of anilines is 3. The number of fused-ring (bicyclic) bond motifs is 1. The Hall–Kier alpha value is -2.99. The van der Waals surface area contributed by atoms with Crippen molar-refractivity contribution in [2.24, 2.45) is 0 Å². The maximum absolute atomic E-state index is 4.87. The molecule has 0 unspecified atom stereocenters. The fraction of sp³-hybridized carbons (Fsp3) is 0.400. The van der Waals surface area contributed by atoms with Crippen molar-refractivity contribution in [3.63, 3.8) is 0 Å². The smallest absolute Gasteiger partial charge is 0.225 e. The minimum absolute atomic E-state index is 0.160. The summed E-state index contributed by atoms with van der Waals surface area (Å²) < 4.78 is 0. The van der Waals surface area contributed by atoms with Gasteiger partial charge in [0, 0.05) is 48.3 Å².